The first-order chi connectivity index (χ1) is 11.4. The summed E-state index contributed by atoms with van der Waals surface area (Å²) in [5.74, 6) is 0.430. The number of rotatable bonds is 4. The highest BCUT2D eigenvalue weighted by Crippen LogP contribution is 2.33. The van der Waals surface area contributed by atoms with E-state index in [9.17, 15) is 13.2 Å². The molecule has 1 atom stereocenters. The minimum Gasteiger partial charge on any atom is -0.340 e. The first-order valence-electron chi connectivity index (χ1n) is 8.71. The summed E-state index contributed by atoms with van der Waals surface area (Å²) < 4.78 is 22.6. The average molecular weight is 350 g/mol. The van der Waals surface area contributed by atoms with Gasteiger partial charge in [-0.25, -0.2) is 8.42 Å². The minimum atomic E-state index is -2.93. The summed E-state index contributed by atoms with van der Waals surface area (Å²) >= 11 is 0. The molecule has 0 N–H and O–H groups in total. The summed E-state index contributed by atoms with van der Waals surface area (Å²) in [4.78, 5) is 17.1. The molecule has 6 heteroatoms. The lowest BCUT2D eigenvalue weighted by Gasteiger charge is -2.37. The Kier molecular flexibility index (Phi) is 5.25. The first-order valence-corrected chi connectivity index (χ1v) is 10.8. The molecule has 5 nitrogen and oxygen atoms in total. The van der Waals surface area contributed by atoms with E-state index in [1.165, 1.54) is 17.4 Å². The number of nitrogens with zero attached hydrogens (tertiary/aromatic N) is 2. The summed E-state index contributed by atoms with van der Waals surface area (Å²) in [5, 5.41) is 0. The Balaban J connectivity index is 1.58. The fourth-order valence-electron chi connectivity index (χ4n) is 3.72. The molecule has 1 aromatic carbocycles. The molecule has 24 heavy (non-hydrogen) atoms. The zero-order chi connectivity index (χ0) is 17.2. The number of benzene rings is 1. The van der Waals surface area contributed by atoms with Crippen LogP contribution in [0.3, 0.4) is 0 Å². The van der Waals surface area contributed by atoms with Crippen LogP contribution in [0.5, 0.6) is 0 Å². The van der Waals surface area contributed by atoms with Crippen LogP contribution in [0.2, 0.25) is 0 Å². The number of sulfone groups is 1. The van der Waals surface area contributed by atoms with Gasteiger partial charge in [-0.15, -0.1) is 0 Å². The largest absolute Gasteiger partial charge is 0.340 e. The molecule has 132 valence electrons. The molecule has 1 aliphatic carbocycles. The third-order valence-electron chi connectivity index (χ3n) is 5.13. The topological polar surface area (TPSA) is 57.7 Å². The summed E-state index contributed by atoms with van der Waals surface area (Å²) in [7, 11) is -2.93. The molecule has 1 fully saturated rings. The van der Waals surface area contributed by atoms with Crippen molar-refractivity contribution >= 4 is 15.7 Å². The number of carbonyl (C=O) groups excluding carboxylic acids is 1. The second kappa shape index (κ2) is 7.23. The molecule has 3 rings (SSSR count). The highest BCUT2D eigenvalue weighted by Gasteiger charge is 2.31. The van der Waals surface area contributed by atoms with E-state index >= 15 is 0 Å². The highest BCUT2D eigenvalue weighted by molar-refractivity contribution is 7.90. The van der Waals surface area contributed by atoms with Crippen molar-refractivity contribution in [2.75, 3.05) is 44.7 Å². The van der Waals surface area contributed by atoms with Crippen LogP contribution in [0.4, 0.5) is 0 Å². The number of hydrogen-bond acceptors (Lipinski definition) is 4. The first kappa shape index (κ1) is 17.4. The predicted octanol–water partition coefficient (Wildman–Crippen LogP) is 1.30. The van der Waals surface area contributed by atoms with Crippen LogP contribution in [-0.4, -0.2) is 68.9 Å². The van der Waals surface area contributed by atoms with Crippen LogP contribution in [-0.2, 0) is 21.1 Å². The lowest BCUT2D eigenvalue weighted by atomic mass is 9.82. The van der Waals surface area contributed by atoms with E-state index in [0.717, 1.165) is 32.4 Å². The zero-order valence-electron chi connectivity index (χ0n) is 14.3. The van der Waals surface area contributed by atoms with Gasteiger partial charge in [0, 0.05) is 39.0 Å². The maximum absolute atomic E-state index is 13.0. The van der Waals surface area contributed by atoms with Gasteiger partial charge in [0.15, 0.2) is 0 Å². The number of aryl methyl sites for hydroxylation is 1. The van der Waals surface area contributed by atoms with Gasteiger partial charge in [0.1, 0.15) is 9.84 Å². The van der Waals surface area contributed by atoms with Crippen LogP contribution in [0, 0.1) is 0 Å². The summed E-state index contributed by atoms with van der Waals surface area (Å²) in [5.41, 5.74) is 2.52. The van der Waals surface area contributed by atoms with Crippen LogP contribution >= 0.6 is 0 Å². The maximum Gasteiger partial charge on any atom is 0.230 e. The van der Waals surface area contributed by atoms with Crippen LogP contribution < -0.4 is 0 Å². The van der Waals surface area contributed by atoms with Crippen molar-refractivity contribution in [3.8, 4) is 0 Å². The number of carbonyl (C=O) groups is 1. The predicted molar refractivity (Wildman–Crippen MR) is 94.9 cm³/mol. The van der Waals surface area contributed by atoms with E-state index in [0.29, 0.717) is 19.6 Å². The van der Waals surface area contributed by atoms with E-state index in [1.54, 1.807) is 0 Å². The van der Waals surface area contributed by atoms with Gasteiger partial charge in [0.25, 0.3) is 0 Å². The Morgan fingerprint density at radius 2 is 1.88 bits per heavy atom. The molecule has 0 bridgehead atoms. The molecule has 1 saturated heterocycles. The number of hydrogen-bond donors (Lipinski definition) is 0. The Hall–Kier alpha value is -1.40. The van der Waals surface area contributed by atoms with Crippen LogP contribution in [0.1, 0.15) is 29.9 Å². The molecule has 0 spiro atoms. The number of amides is 1. The van der Waals surface area contributed by atoms with E-state index in [2.05, 4.69) is 17.0 Å². The monoisotopic (exact) mass is 350 g/mol. The van der Waals surface area contributed by atoms with Crippen molar-refractivity contribution in [3.63, 3.8) is 0 Å². The number of piperazine rings is 1. The lowest BCUT2D eigenvalue weighted by Crippen LogP contribution is -2.51. The van der Waals surface area contributed by atoms with E-state index in [4.69, 9.17) is 0 Å². The SMILES string of the molecule is CS(=O)(=O)CCN1CCN(C(=O)C2CCCc3ccccc32)CC1. The molecule has 2 aliphatic rings. The second-order valence-electron chi connectivity index (χ2n) is 6.94. The molecule has 0 radical (unpaired) electrons. The minimum absolute atomic E-state index is 0.00230. The van der Waals surface area contributed by atoms with Crippen LogP contribution in [0.15, 0.2) is 24.3 Å². The molecule has 1 aliphatic heterocycles. The van der Waals surface area contributed by atoms with Gasteiger partial charge in [-0.1, -0.05) is 24.3 Å². The van der Waals surface area contributed by atoms with Gasteiger partial charge < -0.3 is 4.90 Å². The molecule has 0 saturated carbocycles. The van der Waals surface area contributed by atoms with E-state index < -0.39 is 9.84 Å². The Morgan fingerprint density at radius 3 is 2.58 bits per heavy atom. The summed E-state index contributed by atoms with van der Waals surface area (Å²) in [6, 6.07) is 8.30. The fourth-order valence-corrected chi connectivity index (χ4v) is 4.31. The van der Waals surface area contributed by atoms with Crippen LogP contribution in [0.25, 0.3) is 0 Å². The molecule has 0 aromatic heterocycles. The van der Waals surface area contributed by atoms with Crippen molar-refractivity contribution in [2.45, 2.75) is 25.2 Å². The third-order valence-corrected chi connectivity index (χ3v) is 6.05. The number of fused-ring (bicyclic) bond motifs is 1. The fraction of sp³-hybridized carbons (Fsp3) is 0.611. The Morgan fingerprint density at radius 1 is 1.17 bits per heavy atom. The Bertz CT molecular complexity index is 694. The second-order valence-corrected chi connectivity index (χ2v) is 9.20. The van der Waals surface area contributed by atoms with Crippen molar-refractivity contribution in [2.24, 2.45) is 0 Å². The lowest BCUT2D eigenvalue weighted by molar-refractivity contribution is -0.134. The standard InChI is InChI=1S/C18H26N2O3S/c1-24(22,23)14-13-19-9-11-20(12-10-19)18(21)17-8-4-6-15-5-2-3-7-16(15)17/h2-3,5,7,17H,4,6,8-14H2,1H3. The molecule has 1 heterocycles. The molecule has 1 unspecified atom stereocenters. The van der Waals surface area contributed by atoms with Crippen molar-refractivity contribution in [3.05, 3.63) is 35.4 Å². The summed E-state index contributed by atoms with van der Waals surface area (Å²) in [6.45, 7) is 3.47. The van der Waals surface area contributed by atoms with Gasteiger partial charge in [0.05, 0.1) is 11.7 Å². The molecular formula is C18H26N2O3S. The normalized spacial score (nSPS) is 22.2. The average Bonchev–Trinajstić information content (AvgIpc) is 2.59. The zero-order valence-corrected chi connectivity index (χ0v) is 15.1. The quantitative estimate of drug-likeness (QED) is 0.821. The van der Waals surface area contributed by atoms with Gasteiger partial charge in [-0.3, -0.25) is 9.69 Å². The highest BCUT2D eigenvalue weighted by atomic mass is 32.2. The van der Waals surface area contributed by atoms with E-state index in [1.807, 2.05) is 17.0 Å². The van der Waals surface area contributed by atoms with Gasteiger partial charge in [-0.2, -0.15) is 0 Å². The smallest absolute Gasteiger partial charge is 0.230 e. The van der Waals surface area contributed by atoms with Gasteiger partial charge in [-0.05, 0) is 30.4 Å². The maximum atomic E-state index is 13.0. The molecule has 1 aromatic rings. The van der Waals surface area contributed by atoms with Crippen molar-refractivity contribution in [1.82, 2.24) is 9.80 Å². The van der Waals surface area contributed by atoms with E-state index in [-0.39, 0.29) is 17.6 Å². The Labute approximate surface area is 144 Å². The summed E-state index contributed by atoms with van der Waals surface area (Å²) in [6.07, 6.45) is 4.35. The third kappa shape index (κ3) is 4.16. The molecule has 1 amide bonds. The van der Waals surface area contributed by atoms with Gasteiger partial charge >= 0.3 is 0 Å². The van der Waals surface area contributed by atoms with Gasteiger partial charge in [0.2, 0.25) is 5.91 Å². The van der Waals surface area contributed by atoms with Crippen molar-refractivity contribution < 1.29 is 13.2 Å². The molecular weight excluding hydrogens is 324 g/mol. The van der Waals surface area contributed by atoms with Crippen molar-refractivity contribution in [1.29, 1.82) is 0 Å².